The monoisotopic (exact) mass is 496 g/mol. The fraction of sp³-hybridized carbons (Fsp3) is 0.0526. The Morgan fingerprint density at radius 3 is 2.33 bits per heavy atom. The van der Waals surface area contributed by atoms with Crippen molar-refractivity contribution in [1.82, 2.24) is 0 Å². The van der Waals surface area contributed by atoms with Crippen molar-refractivity contribution >= 4 is 43.9 Å². The highest BCUT2D eigenvalue weighted by Gasteiger charge is 2.40. The number of para-hydroxylation sites is 2. The highest BCUT2D eigenvalue weighted by molar-refractivity contribution is 6.09. The molecule has 4 aliphatic carbocycles. The summed E-state index contributed by atoms with van der Waals surface area (Å²) in [7, 11) is 0. The van der Waals surface area contributed by atoms with Gasteiger partial charge < -0.3 is 4.42 Å². The Morgan fingerprint density at radius 1 is 0.564 bits per heavy atom. The first-order chi connectivity index (χ1) is 19.3. The van der Waals surface area contributed by atoms with E-state index in [2.05, 4.69) is 127 Å². The molecule has 0 N–H and O–H groups in total. The molecule has 9 rings (SSSR count). The minimum absolute atomic E-state index is 0.296. The second-order valence-electron chi connectivity index (χ2n) is 10.9. The third-order valence-electron chi connectivity index (χ3n) is 8.89. The maximum Gasteiger partial charge on any atom is 0.143 e. The standard InChI is InChI=1S/C38H24O/c1-2-7-26-22-27(13-12-23(26)6-1)28-18-14-24-17-21-32-29(19-15-25-16-20-31(28)36(24)37(25)32)33-9-5-10-34-30-8-3-4-11-35(30)39-38(33)34/h1-22,36-37H. The van der Waals surface area contributed by atoms with Crippen molar-refractivity contribution in [3.05, 3.63) is 167 Å². The van der Waals surface area contributed by atoms with Gasteiger partial charge in [-0.05, 0) is 61.9 Å². The molecule has 1 heterocycles. The van der Waals surface area contributed by atoms with Gasteiger partial charge in [0.15, 0.2) is 0 Å². The van der Waals surface area contributed by atoms with Gasteiger partial charge in [0.05, 0.1) is 0 Å². The zero-order valence-corrected chi connectivity index (χ0v) is 21.3. The average Bonchev–Trinajstić information content (AvgIpc) is 3.38. The molecule has 0 bridgehead atoms. The molecule has 5 aromatic rings. The Kier molecular flexibility index (Phi) is 4.23. The third-order valence-corrected chi connectivity index (χ3v) is 8.89. The molecule has 0 fully saturated rings. The summed E-state index contributed by atoms with van der Waals surface area (Å²) in [6.45, 7) is 0. The molecule has 4 aliphatic rings. The Bertz CT molecular complexity index is 2110. The molecule has 0 saturated heterocycles. The number of hydrogen-bond acceptors (Lipinski definition) is 1. The second-order valence-corrected chi connectivity index (χ2v) is 10.9. The molecule has 1 nitrogen and oxygen atoms in total. The molecule has 1 heteroatoms. The summed E-state index contributed by atoms with van der Waals surface area (Å²) in [5, 5.41) is 4.91. The van der Waals surface area contributed by atoms with Gasteiger partial charge in [0, 0.05) is 28.2 Å². The normalized spacial score (nSPS) is 21.1. The van der Waals surface area contributed by atoms with Crippen LogP contribution in [0.4, 0.5) is 0 Å². The molecule has 0 aliphatic heterocycles. The molecule has 2 unspecified atom stereocenters. The van der Waals surface area contributed by atoms with Gasteiger partial charge in [-0.15, -0.1) is 0 Å². The van der Waals surface area contributed by atoms with Crippen molar-refractivity contribution in [2.24, 2.45) is 11.8 Å². The van der Waals surface area contributed by atoms with Crippen molar-refractivity contribution in [2.75, 3.05) is 0 Å². The van der Waals surface area contributed by atoms with Crippen molar-refractivity contribution < 1.29 is 4.42 Å². The van der Waals surface area contributed by atoms with E-state index in [9.17, 15) is 0 Å². The summed E-state index contributed by atoms with van der Waals surface area (Å²) >= 11 is 0. The van der Waals surface area contributed by atoms with Gasteiger partial charge >= 0.3 is 0 Å². The lowest BCUT2D eigenvalue weighted by Gasteiger charge is -2.42. The van der Waals surface area contributed by atoms with Crippen molar-refractivity contribution in [3.63, 3.8) is 0 Å². The van der Waals surface area contributed by atoms with Crippen LogP contribution in [0.3, 0.4) is 0 Å². The molecular formula is C38H24O. The van der Waals surface area contributed by atoms with E-state index < -0.39 is 0 Å². The van der Waals surface area contributed by atoms with Crippen molar-refractivity contribution in [2.45, 2.75) is 0 Å². The number of allylic oxidation sites excluding steroid dienone is 14. The molecule has 4 aromatic carbocycles. The highest BCUT2D eigenvalue weighted by atomic mass is 16.3. The van der Waals surface area contributed by atoms with Gasteiger partial charge in [-0.1, -0.05) is 121 Å². The quantitative estimate of drug-likeness (QED) is 0.237. The minimum Gasteiger partial charge on any atom is -0.455 e. The summed E-state index contributed by atoms with van der Waals surface area (Å²) in [6.07, 6.45) is 18.6. The van der Waals surface area contributed by atoms with Gasteiger partial charge in [0.25, 0.3) is 0 Å². The van der Waals surface area contributed by atoms with Crippen LogP contribution < -0.4 is 0 Å². The van der Waals surface area contributed by atoms with E-state index >= 15 is 0 Å². The predicted molar refractivity (Wildman–Crippen MR) is 162 cm³/mol. The summed E-state index contributed by atoms with van der Waals surface area (Å²) < 4.78 is 6.46. The highest BCUT2D eigenvalue weighted by Crippen LogP contribution is 2.54. The molecule has 182 valence electrons. The maximum atomic E-state index is 6.46. The Hall–Kier alpha value is -4.88. The number of furan rings is 1. The first kappa shape index (κ1) is 21.1. The Labute approximate surface area is 226 Å². The van der Waals surface area contributed by atoms with E-state index in [1.165, 1.54) is 66.1 Å². The summed E-state index contributed by atoms with van der Waals surface area (Å²) in [4.78, 5) is 0. The van der Waals surface area contributed by atoms with Crippen LogP contribution >= 0.6 is 0 Å². The summed E-state index contributed by atoms with van der Waals surface area (Å²) in [5.41, 5.74) is 12.5. The van der Waals surface area contributed by atoms with Crippen LogP contribution in [0.5, 0.6) is 0 Å². The van der Waals surface area contributed by atoms with Crippen LogP contribution in [0.2, 0.25) is 0 Å². The topological polar surface area (TPSA) is 13.1 Å². The maximum absolute atomic E-state index is 6.46. The minimum atomic E-state index is 0.296. The zero-order chi connectivity index (χ0) is 25.5. The molecular weight excluding hydrogens is 472 g/mol. The molecule has 1 aromatic heterocycles. The predicted octanol–water partition coefficient (Wildman–Crippen LogP) is 9.75. The molecule has 0 radical (unpaired) electrons. The van der Waals surface area contributed by atoms with Crippen molar-refractivity contribution in [3.8, 4) is 0 Å². The molecule has 2 atom stereocenters. The lowest BCUT2D eigenvalue weighted by atomic mass is 9.61. The Morgan fingerprint density at radius 2 is 1.36 bits per heavy atom. The number of rotatable bonds is 2. The smallest absolute Gasteiger partial charge is 0.143 e. The SMILES string of the molecule is C1=CC2=C(c3ccc4ccccc4c3)C=CC3=CC=C4C(c5cccc6c5oc5ccccc56)=CC=C1C4C32. The molecule has 39 heavy (non-hydrogen) atoms. The lowest BCUT2D eigenvalue weighted by Crippen LogP contribution is -2.30. The van der Waals surface area contributed by atoms with Crippen LogP contribution in [0, 0.1) is 11.8 Å². The van der Waals surface area contributed by atoms with Crippen LogP contribution in [-0.2, 0) is 0 Å². The first-order valence-electron chi connectivity index (χ1n) is 13.7. The molecule has 0 saturated carbocycles. The van der Waals surface area contributed by atoms with Crippen molar-refractivity contribution in [1.29, 1.82) is 0 Å². The second kappa shape index (κ2) is 7.82. The third kappa shape index (κ3) is 2.96. The van der Waals surface area contributed by atoms with E-state index in [4.69, 9.17) is 4.42 Å². The van der Waals surface area contributed by atoms with Crippen LogP contribution in [0.1, 0.15) is 11.1 Å². The lowest BCUT2D eigenvalue weighted by molar-refractivity contribution is 0.569. The summed E-state index contributed by atoms with van der Waals surface area (Å²) in [5.74, 6) is 0.608. The number of fused-ring (bicyclic) bond motifs is 4. The first-order valence-corrected chi connectivity index (χ1v) is 13.7. The molecule has 0 spiro atoms. The average molecular weight is 497 g/mol. The number of benzene rings is 4. The van der Waals surface area contributed by atoms with Gasteiger partial charge in [-0.3, -0.25) is 0 Å². The number of hydrogen-bond donors (Lipinski definition) is 0. The van der Waals surface area contributed by atoms with Gasteiger partial charge in [-0.2, -0.15) is 0 Å². The van der Waals surface area contributed by atoms with E-state index in [1.54, 1.807) is 0 Å². The van der Waals surface area contributed by atoms with Crippen LogP contribution in [-0.4, -0.2) is 0 Å². The Balaban J connectivity index is 1.21. The fourth-order valence-corrected chi connectivity index (χ4v) is 7.10. The van der Waals surface area contributed by atoms with Gasteiger partial charge in [0.1, 0.15) is 11.2 Å². The zero-order valence-electron chi connectivity index (χ0n) is 21.3. The van der Waals surface area contributed by atoms with E-state index in [-0.39, 0.29) is 0 Å². The largest absolute Gasteiger partial charge is 0.455 e. The summed E-state index contributed by atoms with van der Waals surface area (Å²) in [6, 6.07) is 30.4. The van der Waals surface area contributed by atoms with Gasteiger partial charge in [-0.25, -0.2) is 0 Å². The van der Waals surface area contributed by atoms with Crippen LogP contribution in [0.15, 0.2) is 160 Å². The van der Waals surface area contributed by atoms with E-state index in [0.29, 0.717) is 11.8 Å². The van der Waals surface area contributed by atoms with E-state index in [1.807, 2.05) is 6.07 Å². The fourth-order valence-electron chi connectivity index (χ4n) is 7.10. The van der Waals surface area contributed by atoms with Gasteiger partial charge in [0.2, 0.25) is 0 Å². The van der Waals surface area contributed by atoms with E-state index in [0.717, 1.165) is 11.2 Å². The molecule has 0 amide bonds. The van der Waals surface area contributed by atoms with Crippen LogP contribution in [0.25, 0.3) is 43.9 Å².